The first-order valence-corrected chi connectivity index (χ1v) is 11.1. The van der Waals surface area contributed by atoms with Gasteiger partial charge >= 0.3 is 0 Å². The second kappa shape index (κ2) is 11.5. The molecule has 3 rings (SSSR count). The van der Waals surface area contributed by atoms with E-state index in [4.69, 9.17) is 0 Å². The maximum atomic E-state index is 12.1. The van der Waals surface area contributed by atoms with Crippen LogP contribution in [-0.4, -0.2) is 23.3 Å². The summed E-state index contributed by atoms with van der Waals surface area (Å²) in [5.74, 6) is -0.166. The van der Waals surface area contributed by atoms with Gasteiger partial charge in [0.2, 0.25) is 5.91 Å². The van der Waals surface area contributed by atoms with Gasteiger partial charge in [0.15, 0.2) is 0 Å². The van der Waals surface area contributed by atoms with Crippen molar-refractivity contribution in [2.45, 2.75) is 64.4 Å². The highest BCUT2D eigenvalue weighted by molar-refractivity contribution is 6.13. The van der Waals surface area contributed by atoms with Gasteiger partial charge in [0.1, 0.15) is 0 Å². The fraction of sp³-hybridized carbons (Fsp3) is 0.385. The van der Waals surface area contributed by atoms with Gasteiger partial charge in [-0.1, -0.05) is 87.6 Å². The van der Waals surface area contributed by atoms with Gasteiger partial charge in [-0.05, 0) is 40.5 Å². The number of hydrogen-bond acceptors (Lipinski definition) is 3. The van der Waals surface area contributed by atoms with E-state index in [0.29, 0.717) is 6.42 Å². The van der Waals surface area contributed by atoms with Crippen molar-refractivity contribution >= 4 is 33.7 Å². The van der Waals surface area contributed by atoms with Crippen LogP contribution < -0.4 is 5.43 Å². The smallest absolute Gasteiger partial charge is 0.240 e. The zero-order valence-electron chi connectivity index (χ0n) is 17.8. The number of fused-ring (bicyclic) bond motifs is 2. The van der Waals surface area contributed by atoms with Crippen LogP contribution in [0.25, 0.3) is 21.5 Å². The summed E-state index contributed by atoms with van der Waals surface area (Å²) in [4.78, 5) is 12.1. The first-order valence-electron chi connectivity index (χ1n) is 11.1. The Bertz CT molecular complexity index is 943. The summed E-state index contributed by atoms with van der Waals surface area (Å²) >= 11 is 0. The average molecular weight is 405 g/mol. The van der Waals surface area contributed by atoms with Crippen LogP contribution in [-0.2, 0) is 4.79 Å². The minimum absolute atomic E-state index is 0.166. The normalized spacial score (nSPS) is 12.6. The lowest BCUT2D eigenvalue weighted by molar-refractivity contribution is -0.121. The van der Waals surface area contributed by atoms with Crippen molar-refractivity contribution in [3.05, 3.63) is 60.2 Å². The van der Waals surface area contributed by atoms with Crippen LogP contribution in [0, 0.1) is 0 Å². The lowest BCUT2D eigenvalue weighted by Gasteiger charge is -2.10. The first kappa shape index (κ1) is 22.0. The topological polar surface area (TPSA) is 61.7 Å². The van der Waals surface area contributed by atoms with Crippen molar-refractivity contribution in [1.29, 1.82) is 0 Å². The molecule has 4 nitrogen and oxygen atoms in total. The number of amides is 1. The molecule has 3 aromatic rings. The molecule has 158 valence electrons. The van der Waals surface area contributed by atoms with Gasteiger partial charge in [-0.2, -0.15) is 5.10 Å². The molecule has 0 aliphatic carbocycles. The molecule has 0 saturated carbocycles. The molecule has 1 amide bonds. The van der Waals surface area contributed by atoms with Gasteiger partial charge in [0, 0.05) is 12.0 Å². The van der Waals surface area contributed by atoms with Gasteiger partial charge < -0.3 is 5.11 Å². The maximum absolute atomic E-state index is 12.1. The van der Waals surface area contributed by atoms with E-state index in [2.05, 4.69) is 47.8 Å². The zero-order chi connectivity index (χ0) is 21.2. The van der Waals surface area contributed by atoms with Gasteiger partial charge in [-0.25, -0.2) is 5.43 Å². The number of aliphatic hydroxyl groups excluding tert-OH is 1. The maximum Gasteiger partial charge on any atom is 0.240 e. The number of rotatable bonds is 11. The molecule has 0 fully saturated rings. The minimum atomic E-state index is -0.414. The number of carbonyl (C=O) groups is 1. The second-order valence-corrected chi connectivity index (χ2v) is 7.92. The van der Waals surface area contributed by atoms with E-state index in [-0.39, 0.29) is 12.3 Å². The first-order chi connectivity index (χ1) is 14.7. The summed E-state index contributed by atoms with van der Waals surface area (Å²) in [5, 5.41) is 18.8. The van der Waals surface area contributed by atoms with E-state index >= 15 is 0 Å². The van der Waals surface area contributed by atoms with Crippen LogP contribution in [0.1, 0.15) is 63.9 Å². The number of benzene rings is 3. The summed E-state index contributed by atoms with van der Waals surface area (Å²) < 4.78 is 0. The zero-order valence-corrected chi connectivity index (χ0v) is 17.8. The molecule has 3 aromatic carbocycles. The predicted octanol–water partition coefficient (Wildman–Crippen LogP) is 5.94. The Kier molecular flexibility index (Phi) is 8.40. The molecular weight excluding hydrogens is 372 g/mol. The SMILES string of the molecule is CCCCCCC[C@@H](O)CCC(=O)N/N=C\c1c2ccccc2cc2ccccc12. The number of hydrazone groups is 1. The number of aliphatic hydroxyl groups is 1. The molecule has 0 radical (unpaired) electrons. The standard InChI is InChI=1S/C26H32N2O2/c1-2-3-4-5-6-13-22(29)16-17-26(30)28-27-19-25-23-14-9-7-11-20(23)18-21-12-8-10-15-24(21)25/h7-12,14-15,18-19,22,29H,2-6,13,16-17H2,1H3,(H,28,30)/b27-19-/t22-/m1/s1. The second-order valence-electron chi connectivity index (χ2n) is 7.92. The van der Waals surface area contributed by atoms with Crippen molar-refractivity contribution in [3.63, 3.8) is 0 Å². The molecular formula is C26H32N2O2. The fourth-order valence-corrected chi connectivity index (χ4v) is 3.84. The third-order valence-corrected chi connectivity index (χ3v) is 5.54. The Morgan fingerprint density at radius 2 is 1.60 bits per heavy atom. The van der Waals surface area contributed by atoms with Crippen molar-refractivity contribution in [2.75, 3.05) is 0 Å². The largest absolute Gasteiger partial charge is 0.393 e. The highest BCUT2D eigenvalue weighted by Crippen LogP contribution is 2.27. The van der Waals surface area contributed by atoms with Gasteiger partial charge in [0.25, 0.3) is 0 Å². The Morgan fingerprint density at radius 3 is 2.27 bits per heavy atom. The molecule has 0 unspecified atom stereocenters. The Balaban J connectivity index is 1.56. The van der Waals surface area contributed by atoms with E-state index < -0.39 is 6.10 Å². The van der Waals surface area contributed by atoms with Crippen molar-refractivity contribution in [2.24, 2.45) is 5.10 Å². The minimum Gasteiger partial charge on any atom is -0.393 e. The Morgan fingerprint density at radius 1 is 0.967 bits per heavy atom. The fourth-order valence-electron chi connectivity index (χ4n) is 3.84. The summed E-state index contributed by atoms with van der Waals surface area (Å²) in [6, 6.07) is 18.5. The van der Waals surface area contributed by atoms with Crippen LogP contribution in [0.3, 0.4) is 0 Å². The van der Waals surface area contributed by atoms with Gasteiger partial charge in [0.05, 0.1) is 12.3 Å². The molecule has 2 N–H and O–H groups in total. The van der Waals surface area contributed by atoms with Crippen LogP contribution in [0.2, 0.25) is 0 Å². The molecule has 1 atom stereocenters. The molecule has 30 heavy (non-hydrogen) atoms. The van der Waals surface area contributed by atoms with E-state index in [0.717, 1.165) is 46.4 Å². The third-order valence-electron chi connectivity index (χ3n) is 5.54. The van der Waals surface area contributed by atoms with E-state index in [1.165, 1.54) is 19.3 Å². The van der Waals surface area contributed by atoms with E-state index in [1.54, 1.807) is 6.21 Å². The number of nitrogens with one attached hydrogen (secondary N) is 1. The summed E-state index contributed by atoms with van der Waals surface area (Å²) in [5.41, 5.74) is 3.62. The summed E-state index contributed by atoms with van der Waals surface area (Å²) in [7, 11) is 0. The lowest BCUT2D eigenvalue weighted by atomic mass is 9.97. The quantitative estimate of drug-likeness (QED) is 0.180. The molecule has 0 aliphatic rings. The van der Waals surface area contributed by atoms with Gasteiger partial charge in [-0.3, -0.25) is 4.79 Å². The van der Waals surface area contributed by atoms with Crippen LogP contribution >= 0.6 is 0 Å². The van der Waals surface area contributed by atoms with Crippen LogP contribution in [0.15, 0.2) is 59.7 Å². The number of carbonyl (C=O) groups excluding carboxylic acids is 1. The third kappa shape index (κ3) is 6.14. The molecule has 0 heterocycles. The monoisotopic (exact) mass is 404 g/mol. The van der Waals surface area contributed by atoms with Gasteiger partial charge in [-0.15, -0.1) is 0 Å². The molecule has 0 bridgehead atoms. The summed E-state index contributed by atoms with van der Waals surface area (Å²) in [6.45, 7) is 2.19. The molecule has 4 heteroatoms. The van der Waals surface area contributed by atoms with Crippen LogP contribution in [0.5, 0.6) is 0 Å². The Labute approximate surface area is 179 Å². The number of nitrogens with zero attached hydrogens (tertiary/aromatic N) is 1. The van der Waals surface area contributed by atoms with Crippen molar-refractivity contribution in [3.8, 4) is 0 Å². The van der Waals surface area contributed by atoms with Crippen molar-refractivity contribution < 1.29 is 9.90 Å². The average Bonchev–Trinajstić information content (AvgIpc) is 2.77. The number of unbranched alkanes of at least 4 members (excludes halogenated alkanes) is 4. The molecule has 0 aromatic heterocycles. The highest BCUT2D eigenvalue weighted by Gasteiger charge is 2.08. The van der Waals surface area contributed by atoms with E-state index in [1.807, 2.05) is 24.3 Å². The molecule has 0 aliphatic heterocycles. The molecule has 0 saturated heterocycles. The van der Waals surface area contributed by atoms with Crippen LogP contribution in [0.4, 0.5) is 0 Å². The predicted molar refractivity (Wildman–Crippen MR) is 126 cm³/mol. The Hall–Kier alpha value is -2.72. The number of hydrogen-bond donors (Lipinski definition) is 2. The molecule has 0 spiro atoms. The van der Waals surface area contributed by atoms with E-state index in [9.17, 15) is 9.90 Å². The highest BCUT2D eigenvalue weighted by atomic mass is 16.3. The lowest BCUT2D eigenvalue weighted by Crippen LogP contribution is -2.19. The van der Waals surface area contributed by atoms with Crippen molar-refractivity contribution in [1.82, 2.24) is 5.43 Å². The summed E-state index contributed by atoms with van der Waals surface area (Å²) in [6.07, 6.45) is 8.71.